The van der Waals surface area contributed by atoms with Crippen LogP contribution in [0.4, 0.5) is 0 Å². The Kier molecular flexibility index (Phi) is 4.76. The van der Waals surface area contributed by atoms with Crippen LogP contribution in [-0.4, -0.2) is 17.1 Å². The van der Waals surface area contributed by atoms with Crippen molar-refractivity contribution in [3.05, 3.63) is 42.2 Å². The van der Waals surface area contributed by atoms with E-state index in [1.165, 1.54) is 36.2 Å². The van der Waals surface area contributed by atoms with Crippen LogP contribution >= 0.6 is 11.8 Å². The Hall–Kier alpha value is -0.890. The van der Waals surface area contributed by atoms with E-state index in [0.717, 1.165) is 6.61 Å². The molecule has 1 fully saturated rings. The Bertz CT molecular complexity index is 393. The first kappa shape index (κ1) is 13.5. The zero-order valence-corrected chi connectivity index (χ0v) is 12.1. The molecule has 18 heavy (non-hydrogen) atoms. The molecule has 1 aliphatic heterocycles. The van der Waals surface area contributed by atoms with E-state index in [1.807, 2.05) is 12.3 Å². The Balaban J connectivity index is 1.68. The summed E-state index contributed by atoms with van der Waals surface area (Å²) in [5.74, 6) is 1.35. The summed E-state index contributed by atoms with van der Waals surface area (Å²) in [6.45, 7) is 5.23. The second kappa shape index (κ2) is 6.33. The molecule has 2 heteroatoms. The SMILES string of the molecule is CCC1(CCCO/C=C(/C)c2ccccc2)CS1. The fourth-order valence-electron chi connectivity index (χ4n) is 2.06. The molecule has 0 amide bonds. The van der Waals surface area contributed by atoms with Gasteiger partial charge in [-0.3, -0.25) is 0 Å². The third kappa shape index (κ3) is 3.81. The van der Waals surface area contributed by atoms with E-state index in [9.17, 15) is 0 Å². The Morgan fingerprint density at radius 1 is 1.39 bits per heavy atom. The third-order valence-electron chi connectivity index (χ3n) is 3.58. The van der Waals surface area contributed by atoms with Crippen LogP contribution in [0.2, 0.25) is 0 Å². The van der Waals surface area contributed by atoms with E-state index < -0.39 is 0 Å². The van der Waals surface area contributed by atoms with Gasteiger partial charge in [-0.05, 0) is 37.3 Å². The standard InChI is InChI=1S/C16H22OS/c1-3-16(13-18-16)10-7-11-17-12-14(2)15-8-5-4-6-9-15/h4-6,8-9,12H,3,7,10-11,13H2,1-2H3/b14-12-. The number of benzene rings is 1. The summed E-state index contributed by atoms with van der Waals surface area (Å²) in [6.07, 6.45) is 5.66. The fourth-order valence-corrected chi connectivity index (χ4v) is 3.10. The molecule has 1 unspecified atom stereocenters. The monoisotopic (exact) mass is 262 g/mol. The number of rotatable bonds is 7. The van der Waals surface area contributed by atoms with Crippen molar-refractivity contribution in [3.8, 4) is 0 Å². The van der Waals surface area contributed by atoms with Gasteiger partial charge in [-0.2, -0.15) is 11.8 Å². The van der Waals surface area contributed by atoms with Crippen molar-refractivity contribution < 1.29 is 4.74 Å². The largest absolute Gasteiger partial charge is 0.501 e. The minimum absolute atomic E-state index is 0.613. The second-order valence-corrected chi connectivity index (χ2v) is 6.41. The Labute approximate surface area is 115 Å². The zero-order valence-electron chi connectivity index (χ0n) is 11.3. The molecular weight excluding hydrogens is 240 g/mol. The molecule has 1 atom stereocenters. The smallest absolute Gasteiger partial charge is 0.0874 e. The van der Waals surface area contributed by atoms with Crippen LogP contribution < -0.4 is 0 Å². The molecule has 0 aliphatic carbocycles. The first-order valence-electron chi connectivity index (χ1n) is 6.73. The normalized spacial score (nSPS) is 22.9. The molecule has 0 aromatic heterocycles. The molecule has 1 aliphatic rings. The number of hydrogen-bond donors (Lipinski definition) is 0. The summed E-state index contributed by atoms with van der Waals surface area (Å²) >= 11 is 2.11. The molecule has 2 rings (SSSR count). The molecule has 0 N–H and O–H groups in total. The van der Waals surface area contributed by atoms with Crippen molar-refractivity contribution in [1.82, 2.24) is 0 Å². The lowest BCUT2D eigenvalue weighted by Crippen LogP contribution is -2.07. The highest BCUT2D eigenvalue weighted by Crippen LogP contribution is 2.50. The maximum absolute atomic E-state index is 5.65. The maximum Gasteiger partial charge on any atom is 0.0874 e. The molecule has 0 radical (unpaired) electrons. The molecule has 0 bridgehead atoms. The summed E-state index contributed by atoms with van der Waals surface area (Å²) in [5.41, 5.74) is 2.43. The highest BCUT2D eigenvalue weighted by molar-refractivity contribution is 8.07. The summed E-state index contributed by atoms with van der Waals surface area (Å²) in [5, 5.41) is 0. The summed E-state index contributed by atoms with van der Waals surface area (Å²) < 4.78 is 6.26. The fraction of sp³-hybridized carbons (Fsp3) is 0.500. The van der Waals surface area contributed by atoms with Crippen LogP contribution in [0.25, 0.3) is 5.57 Å². The van der Waals surface area contributed by atoms with Gasteiger partial charge in [0.25, 0.3) is 0 Å². The van der Waals surface area contributed by atoms with E-state index in [-0.39, 0.29) is 0 Å². The average Bonchev–Trinajstić information content (AvgIpc) is 3.20. The van der Waals surface area contributed by atoms with Crippen molar-refractivity contribution in [2.45, 2.75) is 37.9 Å². The molecule has 0 spiro atoms. The maximum atomic E-state index is 5.65. The van der Waals surface area contributed by atoms with Crippen molar-refractivity contribution >= 4 is 17.3 Å². The molecule has 1 nitrogen and oxygen atoms in total. The molecule has 98 valence electrons. The quantitative estimate of drug-likeness (QED) is 0.399. The van der Waals surface area contributed by atoms with E-state index >= 15 is 0 Å². The van der Waals surface area contributed by atoms with Crippen LogP contribution in [0.15, 0.2) is 36.6 Å². The lowest BCUT2D eigenvalue weighted by molar-refractivity contribution is 0.240. The molecule has 1 aromatic carbocycles. The van der Waals surface area contributed by atoms with Gasteiger partial charge in [-0.15, -0.1) is 0 Å². The summed E-state index contributed by atoms with van der Waals surface area (Å²) in [7, 11) is 0. The van der Waals surface area contributed by atoms with Crippen molar-refractivity contribution in [3.63, 3.8) is 0 Å². The van der Waals surface area contributed by atoms with Gasteiger partial charge < -0.3 is 4.74 Å². The summed E-state index contributed by atoms with van der Waals surface area (Å²) in [6, 6.07) is 10.4. The summed E-state index contributed by atoms with van der Waals surface area (Å²) in [4.78, 5) is 0. The van der Waals surface area contributed by atoms with Gasteiger partial charge in [0.05, 0.1) is 12.9 Å². The van der Waals surface area contributed by atoms with Crippen LogP contribution in [0.5, 0.6) is 0 Å². The minimum Gasteiger partial charge on any atom is -0.501 e. The molecule has 1 heterocycles. The second-order valence-electron chi connectivity index (χ2n) is 4.97. The van der Waals surface area contributed by atoms with E-state index in [4.69, 9.17) is 4.74 Å². The van der Waals surface area contributed by atoms with Crippen LogP contribution in [0.1, 0.15) is 38.7 Å². The van der Waals surface area contributed by atoms with Crippen LogP contribution in [-0.2, 0) is 4.74 Å². The zero-order chi connectivity index (χ0) is 12.8. The third-order valence-corrected chi connectivity index (χ3v) is 5.18. The lowest BCUT2D eigenvalue weighted by Gasteiger charge is -2.09. The number of hydrogen-bond acceptors (Lipinski definition) is 2. The molecule has 1 aromatic rings. The average molecular weight is 262 g/mol. The van der Waals surface area contributed by atoms with Gasteiger partial charge in [0.1, 0.15) is 0 Å². The number of ether oxygens (including phenoxy) is 1. The van der Waals surface area contributed by atoms with Gasteiger partial charge >= 0.3 is 0 Å². The van der Waals surface area contributed by atoms with Gasteiger partial charge in [0.2, 0.25) is 0 Å². The molecule has 0 saturated carbocycles. The minimum atomic E-state index is 0.613. The highest BCUT2D eigenvalue weighted by Gasteiger charge is 2.40. The lowest BCUT2D eigenvalue weighted by atomic mass is 10.0. The van der Waals surface area contributed by atoms with E-state index in [0.29, 0.717) is 4.75 Å². The van der Waals surface area contributed by atoms with Gasteiger partial charge in [0.15, 0.2) is 0 Å². The first-order valence-corrected chi connectivity index (χ1v) is 7.72. The topological polar surface area (TPSA) is 9.23 Å². The van der Waals surface area contributed by atoms with Gasteiger partial charge in [-0.25, -0.2) is 0 Å². The van der Waals surface area contributed by atoms with Gasteiger partial charge in [0, 0.05) is 10.5 Å². The van der Waals surface area contributed by atoms with Crippen molar-refractivity contribution in [2.24, 2.45) is 0 Å². The highest BCUT2D eigenvalue weighted by atomic mass is 32.2. The Morgan fingerprint density at radius 3 is 2.72 bits per heavy atom. The van der Waals surface area contributed by atoms with Gasteiger partial charge in [-0.1, -0.05) is 37.3 Å². The number of allylic oxidation sites excluding steroid dienone is 1. The first-order chi connectivity index (χ1) is 8.76. The van der Waals surface area contributed by atoms with E-state index in [2.05, 4.69) is 49.9 Å². The van der Waals surface area contributed by atoms with Crippen molar-refractivity contribution in [2.75, 3.05) is 12.4 Å². The predicted molar refractivity (Wildman–Crippen MR) is 80.8 cm³/mol. The number of thioether (sulfide) groups is 1. The van der Waals surface area contributed by atoms with Crippen LogP contribution in [0.3, 0.4) is 0 Å². The van der Waals surface area contributed by atoms with Crippen LogP contribution in [0, 0.1) is 0 Å². The molecule has 1 saturated heterocycles. The predicted octanol–water partition coefficient (Wildman–Crippen LogP) is 4.74. The Morgan fingerprint density at radius 2 is 2.11 bits per heavy atom. The van der Waals surface area contributed by atoms with Crippen molar-refractivity contribution in [1.29, 1.82) is 0 Å². The molecular formula is C16H22OS. The van der Waals surface area contributed by atoms with E-state index in [1.54, 1.807) is 0 Å².